The number of aryl methyl sites for hydroxylation is 1. The van der Waals surface area contributed by atoms with Crippen LogP contribution in [0.1, 0.15) is 41.8 Å². The van der Waals surface area contributed by atoms with Gasteiger partial charge in [0.2, 0.25) is 5.78 Å². The standard InChI is InChI=1S/C20H21NO5/c1-11(2)25-14-8-6-13(7-9-14)17-16(19(23)20(24)21(17)4)18(22)15-10-5-12(3)26-15/h5-11,17,23H,1-4H3. The van der Waals surface area contributed by atoms with Crippen LogP contribution in [0.15, 0.2) is 52.1 Å². The predicted molar refractivity (Wildman–Crippen MR) is 95.1 cm³/mol. The van der Waals surface area contributed by atoms with Crippen LogP contribution in [0.2, 0.25) is 0 Å². The number of aliphatic hydroxyl groups excluding tert-OH is 1. The van der Waals surface area contributed by atoms with Crippen molar-refractivity contribution in [1.29, 1.82) is 0 Å². The van der Waals surface area contributed by atoms with Crippen LogP contribution in [-0.4, -0.2) is 34.8 Å². The Kier molecular flexibility index (Phi) is 4.59. The van der Waals surface area contributed by atoms with E-state index < -0.39 is 23.5 Å². The van der Waals surface area contributed by atoms with Crippen LogP contribution in [-0.2, 0) is 4.79 Å². The topological polar surface area (TPSA) is 80.0 Å². The second kappa shape index (κ2) is 6.71. The summed E-state index contributed by atoms with van der Waals surface area (Å²) in [6.07, 6.45) is 0.0415. The van der Waals surface area contributed by atoms with Crippen molar-refractivity contribution in [2.24, 2.45) is 0 Å². The number of carbonyl (C=O) groups excluding carboxylic acids is 2. The van der Waals surface area contributed by atoms with Gasteiger partial charge in [-0.1, -0.05) is 12.1 Å². The lowest BCUT2D eigenvalue weighted by Gasteiger charge is -2.22. The number of nitrogens with zero attached hydrogens (tertiary/aromatic N) is 1. The minimum Gasteiger partial charge on any atom is -0.503 e. The molecule has 26 heavy (non-hydrogen) atoms. The van der Waals surface area contributed by atoms with E-state index in [1.165, 1.54) is 11.0 Å². The molecule has 0 saturated heterocycles. The van der Waals surface area contributed by atoms with Gasteiger partial charge in [-0.2, -0.15) is 0 Å². The zero-order valence-corrected chi connectivity index (χ0v) is 15.1. The highest BCUT2D eigenvalue weighted by molar-refractivity contribution is 6.14. The Balaban J connectivity index is 1.98. The number of aliphatic hydroxyl groups is 1. The van der Waals surface area contributed by atoms with Crippen molar-refractivity contribution >= 4 is 11.7 Å². The van der Waals surface area contributed by atoms with Gasteiger partial charge in [-0.05, 0) is 50.6 Å². The van der Waals surface area contributed by atoms with Gasteiger partial charge >= 0.3 is 0 Å². The Hall–Kier alpha value is -3.02. The summed E-state index contributed by atoms with van der Waals surface area (Å²) in [5.74, 6) is -0.266. The normalized spacial score (nSPS) is 17.3. The van der Waals surface area contributed by atoms with E-state index in [1.54, 1.807) is 44.3 Å². The Morgan fingerprint density at radius 3 is 2.38 bits per heavy atom. The second-order valence-electron chi connectivity index (χ2n) is 6.56. The molecule has 1 atom stereocenters. The van der Waals surface area contributed by atoms with Crippen LogP contribution in [0.3, 0.4) is 0 Å². The van der Waals surface area contributed by atoms with Gasteiger partial charge in [-0.25, -0.2) is 0 Å². The molecule has 1 aliphatic heterocycles. The van der Waals surface area contributed by atoms with Crippen LogP contribution < -0.4 is 4.74 Å². The maximum absolute atomic E-state index is 12.8. The third kappa shape index (κ3) is 3.10. The molecule has 6 heteroatoms. The van der Waals surface area contributed by atoms with Crippen LogP contribution in [0.4, 0.5) is 0 Å². The van der Waals surface area contributed by atoms with E-state index in [4.69, 9.17) is 9.15 Å². The lowest BCUT2D eigenvalue weighted by Crippen LogP contribution is -2.26. The Bertz CT molecular complexity index is 876. The van der Waals surface area contributed by atoms with Gasteiger partial charge in [-0.15, -0.1) is 0 Å². The third-order valence-corrected chi connectivity index (χ3v) is 4.22. The van der Waals surface area contributed by atoms with Gasteiger partial charge < -0.3 is 19.2 Å². The number of ether oxygens (including phenoxy) is 1. The highest BCUT2D eigenvalue weighted by Gasteiger charge is 2.42. The highest BCUT2D eigenvalue weighted by atomic mass is 16.5. The molecule has 0 saturated carbocycles. The van der Waals surface area contributed by atoms with Gasteiger partial charge in [0.15, 0.2) is 11.5 Å². The lowest BCUT2D eigenvalue weighted by atomic mass is 9.95. The van der Waals surface area contributed by atoms with Crippen molar-refractivity contribution in [3.8, 4) is 5.75 Å². The fourth-order valence-corrected chi connectivity index (χ4v) is 3.03. The molecule has 6 nitrogen and oxygen atoms in total. The molecule has 1 N–H and O–H groups in total. The largest absolute Gasteiger partial charge is 0.503 e. The number of hydrogen-bond donors (Lipinski definition) is 1. The van der Waals surface area contributed by atoms with Crippen LogP contribution in [0, 0.1) is 6.92 Å². The van der Waals surface area contributed by atoms with Crippen molar-refractivity contribution in [3.63, 3.8) is 0 Å². The van der Waals surface area contributed by atoms with Crippen molar-refractivity contribution in [2.45, 2.75) is 32.9 Å². The summed E-state index contributed by atoms with van der Waals surface area (Å²) in [6, 6.07) is 9.64. The zero-order valence-electron chi connectivity index (χ0n) is 15.1. The van der Waals surface area contributed by atoms with Crippen molar-refractivity contribution in [2.75, 3.05) is 7.05 Å². The first kappa shape index (κ1) is 17.8. The van der Waals surface area contributed by atoms with Crippen LogP contribution in [0.25, 0.3) is 0 Å². The van der Waals surface area contributed by atoms with Crippen molar-refractivity contribution in [1.82, 2.24) is 4.90 Å². The Labute approximate surface area is 151 Å². The molecule has 1 aliphatic rings. The molecule has 0 fully saturated rings. The number of rotatable bonds is 5. The number of carbonyl (C=O) groups is 2. The van der Waals surface area contributed by atoms with Crippen molar-refractivity contribution in [3.05, 3.63) is 64.8 Å². The molecule has 1 amide bonds. The minimum atomic E-state index is -0.687. The maximum Gasteiger partial charge on any atom is 0.289 e. The van der Waals surface area contributed by atoms with E-state index in [9.17, 15) is 14.7 Å². The van der Waals surface area contributed by atoms with Crippen molar-refractivity contribution < 1.29 is 23.8 Å². The van der Waals surface area contributed by atoms with E-state index in [-0.39, 0.29) is 17.4 Å². The fraction of sp³-hybridized carbons (Fsp3) is 0.300. The van der Waals surface area contributed by atoms with E-state index in [1.807, 2.05) is 13.8 Å². The number of furan rings is 1. The molecular weight excluding hydrogens is 334 g/mol. The summed E-state index contributed by atoms with van der Waals surface area (Å²) in [5, 5.41) is 10.3. The molecule has 2 heterocycles. The fourth-order valence-electron chi connectivity index (χ4n) is 3.03. The van der Waals surface area contributed by atoms with Gasteiger partial charge in [0.1, 0.15) is 11.5 Å². The summed E-state index contributed by atoms with van der Waals surface area (Å²) in [6.45, 7) is 5.59. The van der Waals surface area contributed by atoms with Gasteiger partial charge in [0, 0.05) is 7.05 Å². The zero-order chi connectivity index (χ0) is 19.0. The SMILES string of the molecule is Cc1ccc(C(=O)C2=C(O)C(=O)N(C)C2c2ccc(OC(C)C)cc2)o1. The predicted octanol–water partition coefficient (Wildman–Crippen LogP) is 3.58. The first-order chi connectivity index (χ1) is 12.3. The average Bonchev–Trinajstić information content (AvgIpc) is 3.12. The van der Waals surface area contributed by atoms with E-state index >= 15 is 0 Å². The number of likely N-dealkylation sites (N-methyl/N-ethyl adjacent to an activating group) is 1. The molecule has 0 spiro atoms. The first-order valence-corrected chi connectivity index (χ1v) is 8.37. The summed E-state index contributed by atoms with van der Waals surface area (Å²) in [5.41, 5.74) is 0.719. The van der Waals surface area contributed by atoms with E-state index in [2.05, 4.69) is 0 Å². The molecule has 2 aromatic rings. The van der Waals surface area contributed by atoms with Crippen LogP contribution >= 0.6 is 0 Å². The third-order valence-electron chi connectivity index (χ3n) is 4.22. The molecule has 0 radical (unpaired) electrons. The molecule has 3 rings (SSSR count). The van der Waals surface area contributed by atoms with Gasteiger partial charge in [0.25, 0.3) is 5.91 Å². The highest BCUT2D eigenvalue weighted by Crippen LogP contribution is 2.38. The molecular formula is C20H21NO5. The van der Waals surface area contributed by atoms with E-state index in [0.29, 0.717) is 17.1 Å². The van der Waals surface area contributed by atoms with Crippen LogP contribution in [0.5, 0.6) is 5.75 Å². The number of Topliss-reactive ketones (excluding diaryl/α,β-unsaturated/α-hetero) is 1. The average molecular weight is 355 g/mol. The lowest BCUT2D eigenvalue weighted by molar-refractivity contribution is -0.128. The summed E-state index contributed by atoms with van der Waals surface area (Å²) in [7, 11) is 1.55. The van der Waals surface area contributed by atoms with E-state index in [0.717, 1.165) is 0 Å². The molecule has 1 unspecified atom stereocenters. The van der Waals surface area contributed by atoms with Gasteiger partial charge in [-0.3, -0.25) is 9.59 Å². The monoisotopic (exact) mass is 355 g/mol. The summed E-state index contributed by atoms with van der Waals surface area (Å²) >= 11 is 0. The molecule has 136 valence electrons. The first-order valence-electron chi connectivity index (χ1n) is 8.37. The quantitative estimate of drug-likeness (QED) is 0.829. The Morgan fingerprint density at radius 1 is 1.19 bits per heavy atom. The molecule has 0 aliphatic carbocycles. The number of ketones is 1. The Morgan fingerprint density at radius 2 is 1.85 bits per heavy atom. The molecule has 0 bridgehead atoms. The van der Waals surface area contributed by atoms with Gasteiger partial charge in [0.05, 0.1) is 17.7 Å². The number of amides is 1. The molecule has 1 aromatic carbocycles. The molecule has 1 aromatic heterocycles. The minimum absolute atomic E-state index is 0.0179. The maximum atomic E-state index is 12.8. The number of hydrogen-bond acceptors (Lipinski definition) is 5. The summed E-state index contributed by atoms with van der Waals surface area (Å²) < 4.78 is 11.0. The number of benzene rings is 1. The smallest absolute Gasteiger partial charge is 0.289 e. The second-order valence-corrected chi connectivity index (χ2v) is 6.56. The summed E-state index contributed by atoms with van der Waals surface area (Å²) in [4.78, 5) is 26.4.